The van der Waals surface area contributed by atoms with E-state index in [0.29, 0.717) is 11.4 Å². The molecule has 4 rings (SSSR count). The summed E-state index contributed by atoms with van der Waals surface area (Å²) in [5, 5.41) is 0.139. The van der Waals surface area contributed by atoms with Gasteiger partial charge in [0.1, 0.15) is 5.57 Å². The normalized spacial score (nSPS) is 15.9. The zero-order chi connectivity index (χ0) is 21.8. The molecule has 0 bridgehead atoms. The molecule has 0 aliphatic carbocycles. The number of carbonyl (C=O) groups is 2. The van der Waals surface area contributed by atoms with Gasteiger partial charge >= 0.3 is 0 Å². The molecule has 3 aromatic carbocycles. The van der Waals surface area contributed by atoms with Crippen LogP contribution in [0.2, 0.25) is 0 Å². The molecule has 0 atom stereocenters. The molecule has 4 nitrogen and oxygen atoms in total. The Balaban J connectivity index is 1.80. The minimum absolute atomic E-state index is 0.0490. The number of para-hydroxylation sites is 2. The van der Waals surface area contributed by atoms with Crippen LogP contribution in [0.5, 0.6) is 0 Å². The van der Waals surface area contributed by atoms with Crippen molar-refractivity contribution in [3.05, 3.63) is 114 Å². The molecule has 1 aliphatic rings. The van der Waals surface area contributed by atoms with Gasteiger partial charge in [0.05, 0.1) is 11.4 Å². The van der Waals surface area contributed by atoms with Crippen molar-refractivity contribution in [3.63, 3.8) is 0 Å². The maximum atomic E-state index is 13.4. The van der Waals surface area contributed by atoms with Crippen LogP contribution in [0.4, 0.5) is 11.4 Å². The summed E-state index contributed by atoms with van der Waals surface area (Å²) < 4.78 is 0. The van der Waals surface area contributed by atoms with E-state index in [1.165, 1.54) is 9.80 Å². The minimum atomic E-state index is -0.441. The number of benzene rings is 3. The van der Waals surface area contributed by atoms with E-state index in [1.807, 2.05) is 85.8 Å². The minimum Gasteiger partial charge on any atom is -0.268 e. The molecule has 0 aromatic heterocycles. The summed E-state index contributed by atoms with van der Waals surface area (Å²) in [7, 11) is 0. The average Bonchev–Trinajstić information content (AvgIpc) is 2.79. The Hall–Kier alpha value is -3.83. The number of aryl methyl sites for hydroxylation is 1. The van der Waals surface area contributed by atoms with E-state index in [9.17, 15) is 9.59 Å². The molecular formula is C26H20N2O2S. The number of nitrogens with zero attached hydrogens (tertiary/aromatic N) is 2. The molecule has 5 heteroatoms. The molecule has 1 heterocycles. The quantitative estimate of drug-likeness (QED) is 0.324. The summed E-state index contributed by atoms with van der Waals surface area (Å²) in [5.74, 6) is -0.877. The number of carbonyl (C=O) groups excluding carboxylic acids is 2. The first kappa shape index (κ1) is 20.4. The third-order valence-electron chi connectivity index (χ3n) is 4.97. The van der Waals surface area contributed by atoms with Crippen LogP contribution >= 0.6 is 12.2 Å². The maximum Gasteiger partial charge on any atom is 0.270 e. The van der Waals surface area contributed by atoms with Crippen LogP contribution in [0.15, 0.2) is 103 Å². The molecule has 3 aromatic rings. The Morgan fingerprint density at radius 3 is 2.00 bits per heavy atom. The molecule has 0 spiro atoms. The third-order valence-corrected chi connectivity index (χ3v) is 5.34. The SMILES string of the molecule is Cc1ccccc1N1C(=O)/C(=C/C=C/c2ccccc2)C(=O)N(c2ccccc2)C1=S. The van der Waals surface area contributed by atoms with Gasteiger partial charge < -0.3 is 0 Å². The number of allylic oxidation sites excluding steroid dienone is 2. The number of rotatable bonds is 4. The second-order valence-electron chi connectivity index (χ2n) is 7.04. The fourth-order valence-electron chi connectivity index (χ4n) is 3.40. The van der Waals surface area contributed by atoms with Crippen LogP contribution in [-0.4, -0.2) is 16.9 Å². The predicted molar refractivity (Wildman–Crippen MR) is 129 cm³/mol. The van der Waals surface area contributed by atoms with Gasteiger partial charge in [0.25, 0.3) is 11.8 Å². The molecule has 31 heavy (non-hydrogen) atoms. The maximum absolute atomic E-state index is 13.4. The highest BCUT2D eigenvalue weighted by atomic mass is 32.1. The molecule has 0 unspecified atom stereocenters. The summed E-state index contributed by atoms with van der Waals surface area (Å²) in [5.41, 5.74) is 3.18. The lowest BCUT2D eigenvalue weighted by molar-refractivity contribution is -0.120. The van der Waals surface area contributed by atoms with Gasteiger partial charge in [-0.2, -0.15) is 0 Å². The van der Waals surface area contributed by atoms with Crippen molar-refractivity contribution in [3.8, 4) is 0 Å². The van der Waals surface area contributed by atoms with E-state index >= 15 is 0 Å². The van der Waals surface area contributed by atoms with E-state index in [2.05, 4.69) is 0 Å². The van der Waals surface area contributed by atoms with Gasteiger partial charge in [-0.05, 0) is 54.5 Å². The van der Waals surface area contributed by atoms with Crippen molar-refractivity contribution < 1.29 is 9.59 Å². The van der Waals surface area contributed by atoms with Gasteiger partial charge in [0.2, 0.25) is 0 Å². The van der Waals surface area contributed by atoms with Crippen molar-refractivity contribution in [1.82, 2.24) is 0 Å². The monoisotopic (exact) mass is 424 g/mol. The van der Waals surface area contributed by atoms with Gasteiger partial charge in [0, 0.05) is 0 Å². The molecule has 0 N–H and O–H groups in total. The van der Waals surface area contributed by atoms with Crippen molar-refractivity contribution >= 4 is 46.6 Å². The first-order chi connectivity index (χ1) is 15.1. The standard InChI is InChI=1S/C26H20N2O2S/c1-19-11-8-9-18-23(19)28-25(30)22(17-10-14-20-12-4-2-5-13-20)24(29)27(26(28)31)21-15-6-3-7-16-21/h2-18H,1H3/b14-10+,22-17+. The summed E-state index contributed by atoms with van der Waals surface area (Å²) in [6.45, 7) is 1.91. The van der Waals surface area contributed by atoms with Crippen LogP contribution in [0, 0.1) is 6.92 Å². The lowest BCUT2D eigenvalue weighted by atomic mass is 10.1. The Morgan fingerprint density at radius 2 is 1.32 bits per heavy atom. The van der Waals surface area contributed by atoms with E-state index < -0.39 is 11.8 Å². The third kappa shape index (κ3) is 4.09. The van der Waals surface area contributed by atoms with E-state index in [-0.39, 0.29) is 10.7 Å². The molecule has 152 valence electrons. The van der Waals surface area contributed by atoms with Crippen molar-refractivity contribution in [2.45, 2.75) is 6.92 Å². The highest BCUT2D eigenvalue weighted by Crippen LogP contribution is 2.30. The summed E-state index contributed by atoms with van der Waals surface area (Å²) in [4.78, 5) is 29.6. The summed E-state index contributed by atoms with van der Waals surface area (Å²) >= 11 is 5.63. The molecular weight excluding hydrogens is 404 g/mol. The van der Waals surface area contributed by atoms with Gasteiger partial charge in [-0.25, -0.2) is 0 Å². The van der Waals surface area contributed by atoms with E-state index in [0.717, 1.165) is 11.1 Å². The van der Waals surface area contributed by atoms with Crippen LogP contribution in [0.3, 0.4) is 0 Å². The highest BCUT2D eigenvalue weighted by molar-refractivity contribution is 7.81. The van der Waals surface area contributed by atoms with Crippen molar-refractivity contribution in [2.75, 3.05) is 9.80 Å². The first-order valence-electron chi connectivity index (χ1n) is 9.85. The van der Waals surface area contributed by atoms with E-state index in [1.54, 1.807) is 24.3 Å². The zero-order valence-corrected chi connectivity index (χ0v) is 17.8. The molecule has 2 amide bonds. The Labute approximate surface area is 186 Å². The fraction of sp³-hybridized carbons (Fsp3) is 0.0385. The van der Waals surface area contributed by atoms with Crippen LogP contribution in [-0.2, 0) is 9.59 Å². The van der Waals surface area contributed by atoms with Gasteiger partial charge in [-0.1, -0.05) is 78.9 Å². The molecule has 1 aliphatic heterocycles. The summed E-state index contributed by atoms with van der Waals surface area (Å²) in [6.07, 6.45) is 5.13. The second-order valence-corrected chi connectivity index (χ2v) is 7.40. The number of anilines is 2. The Kier molecular flexibility index (Phi) is 5.87. The van der Waals surface area contributed by atoms with Crippen LogP contribution in [0.1, 0.15) is 11.1 Å². The summed E-state index contributed by atoms with van der Waals surface area (Å²) in [6, 6.07) is 26.3. The van der Waals surface area contributed by atoms with E-state index in [4.69, 9.17) is 12.2 Å². The topological polar surface area (TPSA) is 40.6 Å². The predicted octanol–water partition coefficient (Wildman–Crippen LogP) is 5.30. The van der Waals surface area contributed by atoms with Gasteiger partial charge in [0.15, 0.2) is 5.11 Å². The number of thiocarbonyl (C=S) groups is 1. The Bertz CT molecular complexity index is 1200. The van der Waals surface area contributed by atoms with Crippen molar-refractivity contribution in [2.24, 2.45) is 0 Å². The lowest BCUT2D eigenvalue weighted by Gasteiger charge is -2.37. The smallest absolute Gasteiger partial charge is 0.268 e. The largest absolute Gasteiger partial charge is 0.270 e. The second kappa shape index (κ2) is 8.90. The Morgan fingerprint density at radius 1 is 0.742 bits per heavy atom. The highest BCUT2D eigenvalue weighted by Gasteiger charge is 2.41. The average molecular weight is 425 g/mol. The fourth-order valence-corrected chi connectivity index (χ4v) is 3.77. The number of hydrogen-bond acceptors (Lipinski definition) is 3. The first-order valence-corrected chi connectivity index (χ1v) is 10.3. The lowest BCUT2D eigenvalue weighted by Crippen LogP contribution is -2.57. The molecule has 0 radical (unpaired) electrons. The van der Waals surface area contributed by atoms with Crippen molar-refractivity contribution in [1.29, 1.82) is 0 Å². The zero-order valence-electron chi connectivity index (χ0n) is 16.9. The van der Waals surface area contributed by atoms with Crippen LogP contribution < -0.4 is 9.80 Å². The molecule has 1 fully saturated rings. The molecule has 1 saturated heterocycles. The number of amides is 2. The molecule has 0 saturated carbocycles. The number of hydrogen-bond donors (Lipinski definition) is 0. The van der Waals surface area contributed by atoms with Crippen LogP contribution in [0.25, 0.3) is 6.08 Å². The van der Waals surface area contributed by atoms with Gasteiger partial charge in [-0.3, -0.25) is 19.4 Å². The van der Waals surface area contributed by atoms with Gasteiger partial charge in [-0.15, -0.1) is 0 Å².